The van der Waals surface area contributed by atoms with Crippen LogP contribution in [0.15, 0.2) is 24.4 Å². The Morgan fingerprint density at radius 3 is 2.93 bits per heavy atom. The number of benzene rings is 1. The molecule has 0 aliphatic heterocycles. The summed E-state index contributed by atoms with van der Waals surface area (Å²) in [6.07, 6.45) is 4.33. The Kier molecular flexibility index (Phi) is 1.78. The molecule has 0 saturated heterocycles. The molecule has 1 aliphatic rings. The van der Waals surface area contributed by atoms with E-state index >= 15 is 0 Å². The zero-order chi connectivity index (χ0) is 10.4. The fraction of sp³-hybridized carbons (Fsp3) is 0.182. The zero-order valence-electron chi connectivity index (χ0n) is 9.12. The first-order valence-corrected chi connectivity index (χ1v) is 5.36. The molecule has 15 heavy (non-hydrogen) atoms. The summed E-state index contributed by atoms with van der Waals surface area (Å²) in [7, 11) is 4.14. The van der Waals surface area contributed by atoms with Crippen molar-refractivity contribution in [1.29, 1.82) is 0 Å². The molecule has 0 fully saturated rings. The van der Waals surface area contributed by atoms with Crippen LogP contribution in [0.2, 0.25) is 0 Å². The van der Waals surface area contributed by atoms with Crippen LogP contribution in [0.1, 0.15) is 11.3 Å². The van der Waals surface area contributed by atoms with Gasteiger partial charge in [-0.15, -0.1) is 0 Å². The van der Waals surface area contributed by atoms with E-state index in [4.69, 9.17) is 0 Å². The van der Waals surface area contributed by atoms with Gasteiger partial charge < -0.3 is 4.59 Å². The second kappa shape index (κ2) is 3.02. The van der Waals surface area contributed by atoms with Gasteiger partial charge in [0.25, 0.3) is 0 Å². The Morgan fingerprint density at radius 1 is 1.20 bits per heavy atom. The molecule has 0 bridgehead atoms. The van der Waals surface area contributed by atoms with Gasteiger partial charge in [0.2, 0.25) is 7.98 Å². The third kappa shape index (κ3) is 1.32. The minimum absolute atomic E-state index is 1.08. The van der Waals surface area contributed by atoms with Gasteiger partial charge in [0.15, 0.2) is 0 Å². The van der Waals surface area contributed by atoms with Crippen molar-refractivity contribution in [2.75, 3.05) is 0 Å². The molecule has 1 aromatic heterocycles. The molecule has 2 aromatic rings. The highest BCUT2D eigenvalue weighted by atomic mass is 15.2. The van der Waals surface area contributed by atoms with Crippen molar-refractivity contribution >= 4 is 21.3 Å². The second-order valence-electron chi connectivity index (χ2n) is 4.32. The number of hydrogen-bond acceptors (Lipinski definition) is 1. The number of rotatable bonds is 0. The van der Waals surface area contributed by atoms with Gasteiger partial charge in [-0.1, -0.05) is 23.7 Å². The van der Waals surface area contributed by atoms with Crippen LogP contribution >= 0.6 is 0 Å². The minimum atomic E-state index is 1.08. The number of nitrogens with zero attached hydrogens (tertiary/aromatic N) is 2. The molecule has 4 heteroatoms. The minimum Gasteiger partial charge on any atom is -0.326 e. The van der Waals surface area contributed by atoms with Crippen LogP contribution < -0.4 is 5.46 Å². The van der Waals surface area contributed by atoms with E-state index in [0.717, 1.165) is 12.8 Å². The molecule has 1 aliphatic carbocycles. The van der Waals surface area contributed by atoms with E-state index < -0.39 is 0 Å². The van der Waals surface area contributed by atoms with Crippen molar-refractivity contribution in [2.24, 2.45) is 0 Å². The molecule has 0 amide bonds. The normalized spacial score (nSPS) is 13.3. The maximum Gasteiger partial charge on any atom is 0.248 e. The quantitative estimate of drug-likeness (QED) is 0.507. The van der Waals surface area contributed by atoms with E-state index in [2.05, 4.69) is 37.3 Å². The Bertz CT molecular complexity index is 531. The molecule has 0 saturated carbocycles. The van der Waals surface area contributed by atoms with Gasteiger partial charge in [-0.05, 0) is 24.0 Å². The average molecular weight is 194 g/mol. The first kappa shape index (κ1) is 8.84. The molecule has 0 spiro atoms. The lowest BCUT2D eigenvalue weighted by atomic mass is 9.85. The fourth-order valence-corrected chi connectivity index (χ4v) is 2.39. The van der Waals surface area contributed by atoms with Crippen LogP contribution in [0, 0.1) is 0 Å². The van der Waals surface area contributed by atoms with Crippen LogP contribution in [0.4, 0.5) is 0 Å². The molecule has 1 heterocycles. The molecule has 0 N–H and O–H groups in total. The van der Waals surface area contributed by atoms with Crippen LogP contribution in [-0.2, 0) is 12.8 Å². The fourth-order valence-electron chi connectivity index (χ4n) is 2.39. The highest BCUT2D eigenvalue weighted by Crippen LogP contribution is 2.31. The Hall–Kier alpha value is -1.44. The molecule has 2 nitrogen and oxygen atoms in total. The smallest absolute Gasteiger partial charge is 0.248 e. The number of fused-ring (bicyclic) bond motifs is 3. The topological polar surface area (TPSA) is 17.8 Å². The van der Waals surface area contributed by atoms with Crippen molar-refractivity contribution in [3.63, 3.8) is 0 Å². The second-order valence-corrected chi connectivity index (χ2v) is 4.32. The molecule has 0 radical (unpaired) electrons. The lowest BCUT2D eigenvalue weighted by molar-refractivity contribution is 0.860. The average Bonchev–Trinajstić information content (AvgIpc) is 2.58. The largest absolute Gasteiger partial charge is 0.326 e. The van der Waals surface area contributed by atoms with Crippen molar-refractivity contribution in [2.45, 2.75) is 12.8 Å². The van der Waals surface area contributed by atoms with Gasteiger partial charge in [0, 0.05) is 11.8 Å². The van der Waals surface area contributed by atoms with Crippen molar-refractivity contribution in [3.05, 3.63) is 35.7 Å². The maximum absolute atomic E-state index is 4.49. The van der Waals surface area contributed by atoms with Crippen molar-refractivity contribution in [1.82, 2.24) is 9.69 Å². The molecular weight excluding hydrogens is 182 g/mol. The van der Waals surface area contributed by atoms with Gasteiger partial charge in [0.1, 0.15) is 7.85 Å². The Balaban J connectivity index is 2.25. The molecule has 0 atom stereocenters. The summed E-state index contributed by atoms with van der Waals surface area (Å²) in [6, 6.07) is 6.70. The summed E-state index contributed by atoms with van der Waals surface area (Å²) in [5, 5.41) is 4.49. The van der Waals surface area contributed by atoms with Gasteiger partial charge >= 0.3 is 0 Å². The third-order valence-electron chi connectivity index (χ3n) is 3.09. The Labute approximate surface area is 91.1 Å². The van der Waals surface area contributed by atoms with Crippen LogP contribution in [0.5, 0.6) is 0 Å². The van der Waals surface area contributed by atoms with Crippen molar-refractivity contribution < 1.29 is 0 Å². The van der Waals surface area contributed by atoms with E-state index in [-0.39, 0.29) is 0 Å². The summed E-state index contributed by atoms with van der Waals surface area (Å²) in [5.41, 5.74) is 6.75. The molecule has 0 unspecified atom stereocenters. The number of aryl methyl sites for hydroxylation is 2. The van der Waals surface area contributed by atoms with Gasteiger partial charge in [-0.3, -0.25) is 0 Å². The Morgan fingerprint density at radius 2 is 2.07 bits per heavy atom. The molecular formula is C11H12B2N2. The summed E-state index contributed by atoms with van der Waals surface area (Å²) in [4.78, 5) is 0. The summed E-state index contributed by atoms with van der Waals surface area (Å²) in [5.74, 6) is 0. The first-order chi connectivity index (χ1) is 7.24. The van der Waals surface area contributed by atoms with E-state index in [1.54, 1.807) is 0 Å². The molecule has 1 aromatic carbocycles. The van der Waals surface area contributed by atoms with Crippen LogP contribution in [0.3, 0.4) is 0 Å². The van der Waals surface area contributed by atoms with Gasteiger partial charge in [-0.25, -0.2) is 0 Å². The summed E-state index contributed by atoms with van der Waals surface area (Å²) in [6.45, 7) is 0. The van der Waals surface area contributed by atoms with Crippen LogP contribution in [0.25, 0.3) is 11.1 Å². The first-order valence-electron chi connectivity index (χ1n) is 5.36. The van der Waals surface area contributed by atoms with Gasteiger partial charge in [0.05, 0.1) is 5.69 Å². The predicted octanol–water partition coefficient (Wildman–Crippen LogP) is -0.697. The molecule has 72 valence electrons. The van der Waals surface area contributed by atoms with Gasteiger partial charge in [-0.2, -0.15) is 5.10 Å². The van der Waals surface area contributed by atoms with Crippen LogP contribution in [-0.4, -0.2) is 25.5 Å². The number of aromatic nitrogens is 2. The van der Waals surface area contributed by atoms with Crippen molar-refractivity contribution in [3.8, 4) is 11.1 Å². The monoisotopic (exact) mass is 194 g/mol. The summed E-state index contributed by atoms with van der Waals surface area (Å²) < 4.78 is 1.92. The van der Waals surface area contributed by atoms with E-state index in [1.807, 2.05) is 12.6 Å². The maximum atomic E-state index is 4.49. The van der Waals surface area contributed by atoms with E-state index in [1.165, 1.54) is 27.8 Å². The third-order valence-corrected chi connectivity index (χ3v) is 3.09. The number of hydrogen-bond donors (Lipinski definition) is 0. The lowest BCUT2D eigenvalue weighted by Crippen LogP contribution is -2.09. The SMILES string of the molecule is Bc1ccc2c(c1)CCc1nn(B)cc1-2. The van der Waals surface area contributed by atoms with E-state index in [9.17, 15) is 0 Å². The highest BCUT2D eigenvalue weighted by molar-refractivity contribution is 6.32. The van der Waals surface area contributed by atoms with E-state index in [0.29, 0.717) is 0 Å². The lowest BCUT2D eigenvalue weighted by Gasteiger charge is -2.15. The highest BCUT2D eigenvalue weighted by Gasteiger charge is 2.18. The molecule has 3 rings (SSSR count). The predicted molar refractivity (Wildman–Crippen MR) is 67.2 cm³/mol. The summed E-state index contributed by atoms with van der Waals surface area (Å²) >= 11 is 0. The standard InChI is InChI=1S/C11H12B2N2/c12-8-2-3-9-7(5-8)1-4-11-10(9)6-15(13)14-11/h2-3,5-6H,1,4,12-13H2. The zero-order valence-corrected chi connectivity index (χ0v) is 9.12.